The molecule has 1 spiro atoms. The quantitative estimate of drug-likeness (QED) is 0.730. The van der Waals surface area contributed by atoms with Crippen LogP contribution < -0.4 is 0 Å². The molecule has 0 radical (unpaired) electrons. The maximum absolute atomic E-state index is 11.9. The van der Waals surface area contributed by atoms with Gasteiger partial charge in [-0.25, -0.2) is 0 Å². The van der Waals surface area contributed by atoms with Gasteiger partial charge in [0.2, 0.25) is 0 Å². The van der Waals surface area contributed by atoms with Gasteiger partial charge in [0.05, 0.1) is 13.0 Å². The molecule has 3 rings (SSSR count). The lowest BCUT2D eigenvalue weighted by Gasteiger charge is -2.17. The minimum atomic E-state index is -0.0253. The van der Waals surface area contributed by atoms with Crippen molar-refractivity contribution in [1.82, 2.24) is 0 Å². The number of hydrogen-bond acceptors (Lipinski definition) is 2. The van der Waals surface area contributed by atoms with Crippen molar-refractivity contribution in [3.8, 4) is 0 Å². The Bertz CT molecular complexity index is 420. The van der Waals surface area contributed by atoms with E-state index in [-0.39, 0.29) is 11.9 Å². The summed E-state index contributed by atoms with van der Waals surface area (Å²) in [4.78, 5) is 11.9. The molecular weight excluding hydrogens is 212 g/mol. The monoisotopic (exact) mass is 230 g/mol. The Morgan fingerprint density at radius 2 is 1.94 bits per heavy atom. The van der Waals surface area contributed by atoms with Crippen molar-refractivity contribution >= 4 is 5.97 Å². The molecule has 0 bridgehead atoms. The van der Waals surface area contributed by atoms with Gasteiger partial charge in [-0.3, -0.25) is 4.79 Å². The Morgan fingerprint density at radius 1 is 1.24 bits per heavy atom. The topological polar surface area (TPSA) is 26.3 Å². The fourth-order valence-corrected chi connectivity index (χ4v) is 3.34. The predicted octanol–water partition coefficient (Wildman–Crippen LogP) is 3.13. The van der Waals surface area contributed by atoms with Crippen LogP contribution in [0, 0.1) is 11.3 Å². The summed E-state index contributed by atoms with van der Waals surface area (Å²) in [6.07, 6.45) is 4.78. The highest BCUT2D eigenvalue weighted by Gasteiger charge is 2.55. The summed E-state index contributed by atoms with van der Waals surface area (Å²) in [6.45, 7) is 0. The third-order valence-electron chi connectivity index (χ3n) is 4.48. The molecule has 17 heavy (non-hydrogen) atoms. The highest BCUT2D eigenvalue weighted by atomic mass is 16.5. The van der Waals surface area contributed by atoms with Crippen molar-refractivity contribution in [2.75, 3.05) is 7.11 Å². The molecular formula is C15H18O2. The van der Waals surface area contributed by atoms with Gasteiger partial charge in [-0.1, -0.05) is 30.3 Å². The summed E-state index contributed by atoms with van der Waals surface area (Å²) in [5, 5.41) is 0. The van der Waals surface area contributed by atoms with Crippen LogP contribution in [0.1, 0.15) is 37.2 Å². The first-order chi connectivity index (χ1) is 8.24. The van der Waals surface area contributed by atoms with Crippen molar-refractivity contribution in [3.05, 3.63) is 35.9 Å². The van der Waals surface area contributed by atoms with Crippen LogP contribution in [0.15, 0.2) is 30.3 Å². The van der Waals surface area contributed by atoms with Crippen LogP contribution >= 0.6 is 0 Å². The average Bonchev–Trinajstić information content (AvgIpc) is 3.01. The van der Waals surface area contributed by atoms with E-state index in [0.717, 1.165) is 12.8 Å². The minimum Gasteiger partial charge on any atom is -0.469 e. The van der Waals surface area contributed by atoms with Gasteiger partial charge in [0.25, 0.3) is 0 Å². The van der Waals surface area contributed by atoms with Crippen LogP contribution in [0.4, 0.5) is 0 Å². The molecule has 1 aromatic carbocycles. The van der Waals surface area contributed by atoms with Gasteiger partial charge in [0.1, 0.15) is 0 Å². The van der Waals surface area contributed by atoms with Gasteiger partial charge in [-0.2, -0.15) is 0 Å². The number of hydrogen-bond donors (Lipinski definition) is 0. The summed E-state index contributed by atoms with van der Waals surface area (Å²) >= 11 is 0. The second-order valence-electron chi connectivity index (χ2n) is 5.56. The number of carbonyl (C=O) groups is 1. The number of ether oxygens (including phenoxy) is 1. The van der Waals surface area contributed by atoms with Crippen LogP contribution in [-0.2, 0) is 9.53 Å². The van der Waals surface area contributed by atoms with Crippen molar-refractivity contribution in [3.63, 3.8) is 0 Å². The van der Waals surface area contributed by atoms with Crippen LogP contribution in [-0.4, -0.2) is 13.1 Å². The Hall–Kier alpha value is -1.31. The summed E-state index contributed by atoms with van der Waals surface area (Å²) < 4.78 is 4.97. The molecule has 2 nitrogen and oxygen atoms in total. The normalized spacial score (nSPS) is 29.2. The first-order valence-electron chi connectivity index (χ1n) is 6.37. The molecule has 90 valence electrons. The molecule has 0 saturated heterocycles. The summed E-state index contributed by atoms with van der Waals surface area (Å²) in [6, 6.07) is 10.4. The highest BCUT2D eigenvalue weighted by molar-refractivity contribution is 5.74. The maximum Gasteiger partial charge on any atom is 0.309 e. The van der Waals surface area contributed by atoms with Gasteiger partial charge < -0.3 is 4.74 Å². The fourth-order valence-electron chi connectivity index (χ4n) is 3.34. The zero-order valence-electron chi connectivity index (χ0n) is 10.2. The van der Waals surface area contributed by atoms with E-state index in [2.05, 4.69) is 24.3 Å². The third kappa shape index (κ3) is 1.86. The van der Waals surface area contributed by atoms with Crippen molar-refractivity contribution in [1.29, 1.82) is 0 Å². The van der Waals surface area contributed by atoms with Crippen molar-refractivity contribution in [2.24, 2.45) is 11.3 Å². The molecule has 2 saturated carbocycles. The van der Waals surface area contributed by atoms with E-state index >= 15 is 0 Å². The molecule has 2 atom stereocenters. The first-order valence-corrected chi connectivity index (χ1v) is 6.37. The second-order valence-corrected chi connectivity index (χ2v) is 5.56. The van der Waals surface area contributed by atoms with E-state index in [1.165, 1.54) is 25.5 Å². The molecule has 0 aliphatic heterocycles. The second kappa shape index (κ2) is 3.86. The highest BCUT2D eigenvalue weighted by Crippen LogP contribution is 2.64. The molecule has 2 fully saturated rings. The Morgan fingerprint density at radius 3 is 2.53 bits per heavy atom. The van der Waals surface area contributed by atoms with E-state index in [1.807, 2.05) is 6.07 Å². The lowest BCUT2D eigenvalue weighted by atomic mass is 9.89. The van der Waals surface area contributed by atoms with Crippen LogP contribution in [0.3, 0.4) is 0 Å². The molecule has 1 aromatic rings. The largest absolute Gasteiger partial charge is 0.469 e. The molecule has 2 aliphatic rings. The van der Waals surface area contributed by atoms with Crippen LogP contribution in [0.25, 0.3) is 0 Å². The van der Waals surface area contributed by atoms with Gasteiger partial charge in [0.15, 0.2) is 0 Å². The zero-order valence-corrected chi connectivity index (χ0v) is 10.2. The first kappa shape index (κ1) is 10.8. The number of benzene rings is 1. The number of methoxy groups -OCH3 is 1. The van der Waals surface area contributed by atoms with Crippen molar-refractivity contribution < 1.29 is 9.53 Å². The standard InChI is InChI=1S/C15H18O2/c1-17-14(16)13-10-15(7-8-15)9-12(13)11-5-3-2-4-6-11/h2-6,12-13H,7-10H2,1H3. The smallest absolute Gasteiger partial charge is 0.309 e. The Labute approximate surface area is 102 Å². The SMILES string of the molecule is COC(=O)C1CC2(CC2)CC1c1ccccc1. The molecule has 2 heteroatoms. The molecule has 0 heterocycles. The Balaban J connectivity index is 1.88. The lowest BCUT2D eigenvalue weighted by Crippen LogP contribution is -2.19. The van der Waals surface area contributed by atoms with E-state index in [9.17, 15) is 4.79 Å². The molecule has 0 amide bonds. The van der Waals surface area contributed by atoms with Crippen LogP contribution in [0.2, 0.25) is 0 Å². The van der Waals surface area contributed by atoms with Gasteiger partial charge in [0, 0.05) is 0 Å². The summed E-state index contributed by atoms with van der Waals surface area (Å²) in [7, 11) is 1.50. The van der Waals surface area contributed by atoms with E-state index < -0.39 is 0 Å². The third-order valence-corrected chi connectivity index (χ3v) is 4.48. The van der Waals surface area contributed by atoms with Crippen molar-refractivity contribution in [2.45, 2.75) is 31.6 Å². The van der Waals surface area contributed by atoms with Gasteiger partial charge >= 0.3 is 5.97 Å². The number of esters is 1. The lowest BCUT2D eigenvalue weighted by molar-refractivity contribution is -0.145. The summed E-state index contributed by atoms with van der Waals surface area (Å²) in [5.74, 6) is 0.415. The van der Waals surface area contributed by atoms with E-state index in [1.54, 1.807) is 0 Å². The average molecular weight is 230 g/mol. The van der Waals surface area contributed by atoms with Gasteiger partial charge in [-0.05, 0) is 42.6 Å². The zero-order chi connectivity index (χ0) is 11.9. The predicted molar refractivity (Wildman–Crippen MR) is 65.6 cm³/mol. The number of rotatable bonds is 2. The molecule has 0 N–H and O–H groups in total. The van der Waals surface area contributed by atoms with E-state index in [0.29, 0.717) is 11.3 Å². The van der Waals surface area contributed by atoms with Gasteiger partial charge in [-0.15, -0.1) is 0 Å². The minimum absolute atomic E-state index is 0.0253. The summed E-state index contributed by atoms with van der Waals surface area (Å²) in [5.41, 5.74) is 1.77. The molecule has 0 aromatic heterocycles. The fraction of sp³-hybridized carbons (Fsp3) is 0.533. The molecule has 2 aliphatic carbocycles. The maximum atomic E-state index is 11.9. The number of carbonyl (C=O) groups excluding carboxylic acids is 1. The van der Waals surface area contributed by atoms with E-state index in [4.69, 9.17) is 4.74 Å². The van der Waals surface area contributed by atoms with Crippen LogP contribution in [0.5, 0.6) is 0 Å². The molecule has 2 unspecified atom stereocenters. The Kier molecular flexibility index (Phi) is 2.46.